The summed E-state index contributed by atoms with van der Waals surface area (Å²) in [4.78, 5) is 58.3. The number of amides is 1. The lowest BCUT2D eigenvalue weighted by Gasteiger charge is -2.32. The molecule has 14 heteroatoms. The third-order valence-corrected chi connectivity index (χ3v) is 8.88. The van der Waals surface area contributed by atoms with Gasteiger partial charge >= 0.3 is 6.09 Å². The van der Waals surface area contributed by atoms with Gasteiger partial charge < -0.3 is 25.6 Å². The van der Waals surface area contributed by atoms with Gasteiger partial charge in [-0.3, -0.25) is 18.7 Å². The van der Waals surface area contributed by atoms with E-state index >= 15 is 0 Å². The molecule has 2 fully saturated rings. The van der Waals surface area contributed by atoms with Crippen molar-refractivity contribution in [2.24, 2.45) is 5.73 Å². The number of likely N-dealkylation sites (tertiary alicyclic amines) is 2. The molecule has 4 aromatic rings. The van der Waals surface area contributed by atoms with Gasteiger partial charge in [0, 0.05) is 62.7 Å². The quantitative estimate of drug-likeness (QED) is 0.296. The van der Waals surface area contributed by atoms with Crippen LogP contribution in [-0.4, -0.2) is 102 Å². The highest BCUT2D eigenvalue weighted by molar-refractivity contribution is 5.70. The first-order valence-corrected chi connectivity index (χ1v) is 17.2. The van der Waals surface area contributed by atoms with E-state index in [0.29, 0.717) is 30.4 Å². The van der Waals surface area contributed by atoms with Crippen LogP contribution in [0, 0.1) is 13.8 Å². The van der Waals surface area contributed by atoms with Crippen LogP contribution in [0.4, 0.5) is 4.79 Å². The molecule has 0 aliphatic carbocycles. The lowest BCUT2D eigenvalue weighted by molar-refractivity contribution is 0.0478. The minimum atomic E-state index is -0.488. The maximum absolute atomic E-state index is 12.3. The van der Waals surface area contributed by atoms with Crippen LogP contribution in [-0.2, 0) is 17.8 Å². The number of carbonyl (C=O) groups is 1. The number of fused-ring (bicyclic) bond motifs is 2. The van der Waals surface area contributed by atoms with Crippen molar-refractivity contribution in [3.8, 4) is 0 Å². The largest absolute Gasteiger partial charge is 0.444 e. The zero-order chi connectivity index (χ0) is 35.1. The lowest BCUT2D eigenvalue weighted by Crippen LogP contribution is -2.46. The van der Waals surface area contributed by atoms with Crippen molar-refractivity contribution in [3.63, 3.8) is 0 Å². The third-order valence-electron chi connectivity index (χ3n) is 8.88. The van der Waals surface area contributed by atoms with Crippen molar-refractivity contribution in [3.05, 3.63) is 68.8 Å². The van der Waals surface area contributed by atoms with Crippen LogP contribution >= 0.6 is 0 Å². The highest BCUT2D eigenvalue weighted by Crippen LogP contribution is 2.14. The number of ether oxygens (including phenoxy) is 1. The fraction of sp³-hybridized carbons (Fsp3) is 0.571. The van der Waals surface area contributed by atoms with E-state index in [1.165, 1.54) is 12.4 Å². The summed E-state index contributed by atoms with van der Waals surface area (Å²) in [5, 5.41) is 2.95. The third kappa shape index (κ3) is 10.1. The Bertz CT molecular complexity index is 1850. The van der Waals surface area contributed by atoms with Gasteiger partial charge in [0.05, 0.1) is 12.4 Å². The Morgan fingerprint density at radius 1 is 0.776 bits per heavy atom. The van der Waals surface area contributed by atoms with Crippen LogP contribution in [0.2, 0.25) is 0 Å². The second-order valence-corrected chi connectivity index (χ2v) is 14.0. The average molecular weight is 675 g/mol. The Kier molecular flexibility index (Phi) is 11.7. The summed E-state index contributed by atoms with van der Waals surface area (Å²) in [7, 11) is 0. The molecule has 3 N–H and O–H groups in total. The molecule has 1 amide bonds. The van der Waals surface area contributed by atoms with Crippen LogP contribution < -0.4 is 22.2 Å². The van der Waals surface area contributed by atoms with Gasteiger partial charge in [0.1, 0.15) is 16.6 Å². The molecule has 2 aliphatic heterocycles. The molecule has 49 heavy (non-hydrogen) atoms. The van der Waals surface area contributed by atoms with E-state index in [4.69, 9.17) is 10.5 Å². The van der Waals surface area contributed by atoms with E-state index in [1.807, 2.05) is 58.9 Å². The maximum Gasteiger partial charge on any atom is 0.407 e. The number of hydrogen-bond acceptors (Lipinski definition) is 11. The summed E-state index contributed by atoms with van der Waals surface area (Å²) in [6.45, 7) is 16.0. The van der Waals surface area contributed by atoms with Crippen molar-refractivity contribution in [1.82, 2.24) is 44.2 Å². The van der Waals surface area contributed by atoms with Gasteiger partial charge in [-0.2, -0.15) is 0 Å². The first-order chi connectivity index (χ1) is 23.3. The average Bonchev–Trinajstić information content (AvgIpc) is 3.05. The van der Waals surface area contributed by atoms with Gasteiger partial charge in [0.15, 0.2) is 11.3 Å². The topological polar surface area (TPSA) is 166 Å². The molecular weight excluding hydrogens is 624 g/mol. The highest BCUT2D eigenvalue weighted by atomic mass is 16.6. The number of aryl methyl sites for hydroxylation is 2. The molecule has 0 aromatic carbocycles. The predicted molar refractivity (Wildman–Crippen MR) is 190 cm³/mol. The number of carbonyl (C=O) groups excluding carboxylic acids is 1. The van der Waals surface area contributed by atoms with E-state index in [1.54, 1.807) is 9.13 Å². The number of pyridine rings is 2. The van der Waals surface area contributed by atoms with Crippen LogP contribution in [0.5, 0.6) is 0 Å². The van der Waals surface area contributed by atoms with Crippen molar-refractivity contribution < 1.29 is 9.53 Å². The Labute approximate surface area is 286 Å². The van der Waals surface area contributed by atoms with E-state index in [2.05, 4.69) is 35.1 Å². The van der Waals surface area contributed by atoms with E-state index in [-0.39, 0.29) is 23.3 Å². The molecule has 264 valence electrons. The minimum absolute atomic E-state index is 0.0886. The number of nitrogens with one attached hydrogen (secondary N) is 1. The van der Waals surface area contributed by atoms with Crippen molar-refractivity contribution in [2.75, 3.05) is 39.3 Å². The van der Waals surface area contributed by atoms with Crippen LogP contribution in [0.15, 0.2) is 46.2 Å². The molecule has 0 saturated carbocycles. The zero-order valence-corrected chi connectivity index (χ0v) is 29.4. The molecule has 0 spiro atoms. The van der Waals surface area contributed by atoms with Crippen molar-refractivity contribution in [2.45, 2.75) is 91.1 Å². The van der Waals surface area contributed by atoms with Gasteiger partial charge in [-0.25, -0.2) is 24.7 Å². The Hall–Kier alpha value is -4.27. The Morgan fingerprint density at radius 2 is 1.22 bits per heavy atom. The van der Waals surface area contributed by atoms with Crippen molar-refractivity contribution in [1.29, 1.82) is 0 Å². The Morgan fingerprint density at radius 3 is 1.67 bits per heavy atom. The number of nitrogens with two attached hydrogens (primary N) is 1. The standard InChI is InChI=1S/C20H29N5O3.C15H21N5O/c1-14-5-6-16-18(22-14)25(17(26)13-21-16)12-11-24-9-7-15(8-10-24)23-19(27)28-20(2,3)4;1-11-2-3-13-15(18-11)20(14(21)10-17-13)9-8-19-6-4-12(16)5-7-19/h5-6,13,15H,7-12H2,1-4H3,(H,23,27);2-3,10,12H,4-9,16H2,1H3. The number of aromatic nitrogens is 6. The molecule has 6 rings (SSSR count). The number of rotatable bonds is 7. The second kappa shape index (κ2) is 16.0. The SMILES string of the molecule is Cc1ccc2ncc(=O)n(CCN3CCC(N)CC3)c2n1.Cc1ccc2ncc(=O)n(CCN3CCC(NC(=O)OC(C)(C)C)CC3)c2n1. The minimum Gasteiger partial charge on any atom is -0.444 e. The molecular formula is C35H50N10O4. The summed E-state index contributed by atoms with van der Waals surface area (Å²) in [6, 6.07) is 8.06. The van der Waals surface area contributed by atoms with Crippen LogP contribution in [0.25, 0.3) is 22.3 Å². The summed E-state index contributed by atoms with van der Waals surface area (Å²) < 4.78 is 8.74. The van der Waals surface area contributed by atoms with E-state index in [0.717, 1.165) is 87.4 Å². The predicted octanol–water partition coefficient (Wildman–Crippen LogP) is 2.61. The van der Waals surface area contributed by atoms with Gasteiger partial charge in [-0.15, -0.1) is 0 Å². The van der Waals surface area contributed by atoms with Gasteiger partial charge in [-0.1, -0.05) is 0 Å². The molecule has 14 nitrogen and oxygen atoms in total. The molecule has 0 bridgehead atoms. The second-order valence-electron chi connectivity index (χ2n) is 14.0. The van der Waals surface area contributed by atoms with Gasteiger partial charge in [-0.05, 0) is 97.7 Å². The first kappa shape index (κ1) is 36.0. The van der Waals surface area contributed by atoms with Gasteiger partial charge in [0.2, 0.25) is 0 Å². The van der Waals surface area contributed by atoms with Crippen LogP contribution in [0.3, 0.4) is 0 Å². The molecule has 0 atom stereocenters. The van der Waals surface area contributed by atoms with E-state index in [9.17, 15) is 14.4 Å². The lowest BCUT2D eigenvalue weighted by atomic mass is 10.1. The fourth-order valence-electron chi connectivity index (χ4n) is 6.13. The van der Waals surface area contributed by atoms with Crippen molar-refractivity contribution >= 4 is 28.4 Å². The zero-order valence-electron chi connectivity index (χ0n) is 29.4. The monoisotopic (exact) mass is 674 g/mol. The number of nitrogens with zero attached hydrogens (tertiary/aromatic N) is 8. The highest BCUT2D eigenvalue weighted by Gasteiger charge is 2.24. The molecule has 2 saturated heterocycles. The fourth-order valence-corrected chi connectivity index (χ4v) is 6.13. The molecule has 4 aromatic heterocycles. The number of hydrogen-bond donors (Lipinski definition) is 2. The summed E-state index contributed by atoms with van der Waals surface area (Å²) in [5.74, 6) is 0. The first-order valence-electron chi connectivity index (χ1n) is 17.2. The molecule has 0 unspecified atom stereocenters. The summed E-state index contributed by atoms with van der Waals surface area (Å²) in [5.41, 5.74) is 9.77. The summed E-state index contributed by atoms with van der Waals surface area (Å²) in [6.07, 6.45) is 6.17. The molecule has 6 heterocycles. The molecule has 0 radical (unpaired) electrons. The van der Waals surface area contributed by atoms with Crippen LogP contribution in [0.1, 0.15) is 57.8 Å². The normalized spacial score (nSPS) is 16.8. The van der Waals surface area contributed by atoms with E-state index < -0.39 is 5.60 Å². The Balaban J connectivity index is 0.000000199. The smallest absolute Gasteiger partial charge is 0.407 e. The van der Waals surface area contributed by atoms with Gasteiger partial charge in [0.25, 0.3) is 11.1 Å². The number of alkyl carbamates (subject to hydrolysis) is 1. The molecule has 2 aliphatic rings. The number of piperidine rings is 2. The summed E-state index contributed by atoms with van der Waals surface area (Å²) >= 11 is 0. The maximum atomic E-state index is 12.3.